The van der Waals surface area contributed by atoms with Gasteiger partial charge in [-0.15, -0.1) is 22.7 Å². The largest absolute Gasteiger partial charge is 0.294 e. The summed E-state index contributed by atoms with van der Waals surface area (Å²) in [5.41, 5.74) is 2.37. The fraction of sp³-hybridized carbons (Fsp3) is 0.0769. The first-order valence-electron chi connectivity index (χ1n) is 5.52. The number of carbonyl (C=O) groups is 1. The molecule has 3 rings (SSSR count). The lowest BCUT2D eigenvalue weighted by Gasteiger charge is -2.01. The number of fused-ring (bicyclic) bond motifs is 1. The normalized spacial score (nSPS) is 10.8. The molecule has 0 aliphatic rings. The molecule has 3 aromatic rings. The minimum atomic E-state index is 0.0160. The number of rotatable bonds is 2. The molecule has 0 fully saturated rings. The second-order valence-corrected chi connectivity index (χ2v) is 7.14. The van der Waals surface area contributed by atoms with E-state index in [1.165, 1.54) is 22.7 Å². The van der Waals surface area contributed by atoms with Crippen LogP contribution < -0.4 is 0 Å². The van der Waals surface area contributed by atoms with Gasteiger partial charge in [0.25, 0.3) is 0 Å². The molecule has 94 valence electrons. The van der Waals surface area contributed by atoms with Gasteiger partial charge in [0.1, 0.15) is 8.83 Å². The van der Waals surface area contributed by atoms with E-state index in [1.54, 1.807) is 13.1 Å². The number of carbonyl (C=O) groups excluding carboxylic acids is 1. The smallest absolute Gasteiger partial charge is 0.171 e. The Hall–Kier alpha value is -1.50. The van der Waals surface area contributed by atoms with Crippen molar-refractivity contribution in [2.45, 2.75) is 6.92 Å². The molecule has 0 radical (unpaired) electrons. The molecule has 6 heteroatoms. The van der Waals surface area contributed by atoms with E-state index in [4.69, 9.17) is 12.2 Å². The van der Waals surface area contributed by atoms with Crippen LogP contribution in [0, 0.1) is 3.14 Å². The summed E-state index contributed by atoms with van der Waals surface area (Å²) >= 11 is 7.93. The van der Waals surface area contributed by atoms with Crippen molar-refractivity contribution in [3.05, 3.63) is 38.5 Å². The highest BCUT2D eigenvalue weighted by Crippen LogP contribution is 2.34. The fourth-order valence-corrected chi connectivity index (χ4v) is 4.28. The fourth-order valence-electron chi connectivity index (χ4n) is 1.75. The van der Waals surface area contributed by atoms with Gasteiger partial charge in [-0.3, -0.25) is 9.78 Å². The van der Waals surface area contributed by atoms with Crippen LogP contribution in [0.1, 0.15) is 16.6 Å². The minimum Gasteiger partial charge on any atom is -0.294 e. The zero-order valence-electron chi connectivity index (χ0n) is 9.91. The number of benzene rings is 1. The molecule has 0 saturated carbocycles. The van der Waals surface area contributed by atoms with E-state index in [-0.39, 0.29) is 5.78 Å². The lowest BCUT2D eigenvalue weighted by atomic mass is 10.2. The van der Waals surface area contributed by atoms with Gasteiger partial charge in [0.05, 0.1) is 27.0 Å². The molecular formula is C13H8N2OS3. The average molecular weight is 304 g/mol. The molecule has 19 heavy (non-hydrogen) atoms. The third-order valence-electron chi connectivity index (χ3n) is 2.58. The summed E-state index contributed by atoms with van der Waals surface area (Å²) in [5, 5.41) is 0. The Labute approximate surface area is 122 Å². The van der Waals surface area contributed by atoms with Gasteiger partial charge in [0.15, 0.2) is 5.78 Å². The van der Waals surface area contributed by atoms with E-state index >= 15 is 0 Å². The Morgan fingerprint density at radius 3 is 2.68 bits per heavy atom. The molecule has 0 spiro atoms. The van der Waals surface area contributed by atoms with Crippen LogP contribution in [-0.2, 0) is 0 Å². The number of hydrogen-bond acceptors (Lipinski definition) is 6. The first-order chi connectivity index (χ1) is 9.15. The highest BCUT2D eigenvalue weighted by atomic mass is 32.2. The van der Waals surface area contributed by atoms with Gasteiger partial charge in [0, 0.05) is 6.92 Å². The van der Waals surface area contributed by atoms with Crippen molar-refractivity contribution >= 4 is 51.7 Å². The van der Waals surface area contributed by atoms with E-state index < -0.39 is 0 Å². The van der Waals surface area contributed by atoms with E-state index in [9.17, 15) is 4.79 Å². The summed E-state index contributed by atoms with van der Waals surface area (Å²) in [4.78, 5) is 22.1. The molecule has 2 aromatic heterocycles. The summed E-state index contributed by atoms with van der Waals surface area (Å²) in [6.07, 6.45) is 1.70. The minimum absolute atomic E-state index is 0.0160. The van der Waals surface area contributed by atoms with Crippen molar-refractivity contribution in [3.63, 3.8) is 0 Å². The summed E-state index contributed by atoms with van der Waals surface area (Å²) in [7, 11) is 0. The van der Waals surface area contributed by atoms with Gasteiger partial charge < -0.3 is 0 Å². The third-order valence-corrected chi connectivity index (χ3v) is 5.35. The van der Waals surface area contributed by atoms with E-state index in [2.05, 4.69) is 9.97 Å². The molecule has 0 saturated heterocycles. The first-order valence-corrected chi connectivity index (χ1v) is 7.56. The molecule has 0 N–H and O–H groups in total. The molecule has 0 atom stereocenters. The van der Waals surface area contributed by atoms with E-state index in [0.29, 0.717) is 10.6 Å². The summed E-state index contributed by atoms with van der Waals surface area (Å²) in [6.45, 7) is 1.55. The molecule has 3 nitrogen and oxygen atoms in total. The third kappa shape index (κ3) is 2.34. The van der Waals surface area contributed by atoms with Crippen LogP contribution >= 0.6 is 34.9 Å². The average Bonchev–Trinajstić information content (AvgIpc) is 2.80. The number of nitrogens with zero attached hydrogens (tertiary/aromatic N) is 2. The Bertz CT molecular complexity index is 835. The van der Waals surface area contributed by atoms with Crippen molar-refractivity contribution in [2.75, 3.05) is 0 Å². The quantitative estimate of drug-likeness (QED) is 0.521. The van der Waals surface area contributed by atoms with Crippen LogP contribution in [0.15, 0.2) is 30.5 Å². The highest BCUT2D eigenvalue weighted by molar-refractivity contribution is 7.76. The van der Waals surface area contributed by atoms with Gasteiger partial charge in [0.2, 0.25) is 0 Å². The van der Waals surface area contributed by atoms with E-state index in [1.807, 2.05) is 24.3 Å². The molecule has 1 aromatic carbocycles. The molecule has 0 aliphatic carbocycles. The Morgan fingerprint density at radius 2 is 1.95 bits per heavy atom. The van der Waals surface area contributed by atoms with Gasteiger partial charge in [-0.25, -0.2) is 4.98 Å². The molecule has 0 bridgehead atoms. The van der Waals surface area contributed by atoms with Crippen LogP contribution in [0.5, 0.6) is 0 Å². The lowest BCUT2D eigenvalue weighted by molar-refractivity contribution is 0.102. The van der Waals surface area contributed by atoms with Crippen LogP contribution in [0.4, 0.5) is 0 Å². The Kier molecular flexibility index (Phi) is 3.22. The maximum absolute atomic E-state index is 11.6. The summed E-state index contributed by atoms with van der Waals surface area (Å²) in [5.74, 6) is 0.0160. The van der Waals surface area contributed by atoms with Gasteiger partial charge in [-0.05, 0) is 12.1 Å². The monoisotopic (exact) mass is 304 g/mol. The Balaban J connectivity index is 2.24. The van der Waals surface area contributed by atoms with Crippen molar-refractivity contribution in [1.82, 2.24) is 9.97 Å². The zero-order valence-corrected chi connectivity index (χ0v) is 12.4. The van der Waals surface area contributed by atoms with Crippen LogP contribution in [-0.4, -0.2) is 15.8 Å². The standard InChI is InChI=1S/C13H8N2OS3/c1-7(16)11-12(19-13(17)18-11)10-6-14-8-4-2-3-5-9(8)15-10/h2-6H,1H3. The van der Waals surface area contributed by atoms with Gasteiger partial charge >= 0.3 is 0 Å². The number of Topliss-reactive ketones (excluding diaryl/α,β-unsaturated/α-hetero) is 1. The number of aromatic nitrogens is 2. The second-order valence-electron chi connectivity index (χ2n) is 3.91. The van der Waals surface area contributed by atoms with E-state index in [0.717, 1.165) is 19.0 Å². The van der Waals surface area contributed by atoms with Crippen molar-refractivity contribution in [2.24, 2.45) is 0 Å². The Morgan fingerprint density at radius 1 is 1.21 bits per heavy atom. The number of para-hydroxylation sites is 2. The predicted octanol–water partition coefficient (Wildman–Crippen LogP) is 4.35. The predicted molar refractivity (Wildman–Crippen MR) is 81.6 cm³/mol. The number of hydrogen-bond donors (Lipinski definition) is 0. The molecule has 0 unspecified atom stereocenters. The topological polar surface area (TPSA) is 42.9 Å². The highest BCUT2D eigenvalue weighted by Gasteiger charge is 2.15. The SMILES string of the molecule is CC(=O)c1sc(=S)sc1-c1cnc2ccccc2n1. The molecule has 0 aliphatic heterocycles. The van der Waals surface area contributed by atoms with Crippen molar-refractivity contribution < 1.29 is 4.79 Å². The maximum atomic E-state index is 11.6. The molecule has 2 heterocycles. The second kappa shape index (κ2) is 4.88. The summed E-state index contributed by atoms with van der Waals surface area (Å²) < 4.78 is 0.732. The van der Waals surface area contributed by atoms with Crippen LogP contribution in [0.2, 0.25) is 0 Å². The number of ketones is 1. The van der Waals surface area contributed by atoms with Crippen molar-refractivity contribution in [3.8, 4) is 10.6 Å². The van der Waals surface area contributed by atoms with Gasteiger partial charge in [-0.1, -0.05) is 24.4 Å². The van der Waals surface area contributed by atoms with Crippen LogP contribution in [0.25, 0.3) is 21.6 Å². The van der Waals surface area contributed by atoms with Crippen molar-refractivity contribution in [1.29, 1.82) is 0 Å². The summed E-state index contributed by atoms with van der Waals surface area (Å²) in [6, 6.07) is 7.66. The maximum Gasteiger partial charge on any atom is 0.171 e. The molecular weight excluding hydrogens is 296 g/mol. The lowest BCUT2D eigenvalue weighted by Crippen LogP contribution is -1.92. The molecule has 0 amide bonds. The first kappa shape index (κ1) is 12.5. The zero-order chi connectivity index (χ0) is 13.4. The van der Waals surface area contributed by atoms with Gasteiger partial charge in [-0.2, -0.15) is 0 Å². The van der Waals surface area contributed by atoms with Crippen LogP contribution in [0.3, 0.4) is 0 Å².